The minimum absolute atomic E-state index is 0.0283. The minimum atomic E-state index is -0.129. The normalized spacial score (nSPS) is 19.5. The van der Waals surface area contributed by atoms with Crippen molar-refractivity contribution in [2.24, 2.45) is 0 Å². The average Bonchev–Trinajstić information content (AvgIpc) is 3.85. The van der Waals surface area contributed by atoms with Crippen molar-refractivity contribution in [1.82, 2.24) is 0 Å². The van der Waals surface area contributed by atoms with Crippen LogP contribution in [0.3, 0.4) is 0 Å². The van der Waals surface area contributed by atoms with E-state index in [0.29, 0.717) is 6.42 Å². The van der Waals surface area contributed by atoms with Crippen LogP contribution in [-0.4, -0.2) is 0 Å². The Balaban J connectivity index is 0.941. The first kappa shape index (κ1) is 33.8. The van der Waals surface area contributed by atoms with Crippen molar-refractivity contribution in [1.29, 1.82) is 0 Å². The highest BCUT2D eigenvalue weighted by Gasteiger charge is 2.45. The zero-order valence-electron chi connectivity index (χ0n) is 33.5. The molecule has 276 valence electrons. The van der Waals surface area contributed by atoms with Gasteiger partial charge in [-0.05, 0) is 162 Å². The third-order valence-electron chi connectivity index (χ3n) is 14.4. The maximum atomic E-state index is 13.7. The van der Waals surface area contributed by atoms with Gasteiger partial charge in [0.15, 0.2) is 0 Å². The van der Waals surface area contributed by atoms with E-state index in [0.717, 1.165) is 12.8 Å². The Morgan fingerprint density at radius 1 is 0.500 bits per heavy atom. The lowest BCUT2D eigenvalue weighted by molar-refractivity contribution is 0.590. The maximum Gasteiger partial charge on any atom is 0.100 e. The third-order valence-corrected chi connectivity index (χ3v) is 14.4. The van der Waals surface area contributed by atoms with E-state index in [1.54, 1.807) is 6.08 Å². The van der Waals surface area contributed by atoms with Gasteiger partial charge in [0.25, 0.3) is 0 Å². The van der Waals surface area contributed by atoms with Crippen LogP contribution in [0.4, 0.5) is 10.1 Å². The second-order valence-corrected chi connectivity index (χ2v) is 18.8. The first-order valence-electron chi connectivity index (χ1n) is 20.5. The van der Waals surface area contributed by atoms with Crippen molar-refractivity contribution in [2.45, 2.75) is 90.0 Å². The molecule has 0 bridgehead atoms. The highest BCUT2D eigenvalue weighted by molar-refractivity contribution is 5.94. The van der Waals surface area contributed by atoms with Crippen LogP contribution in [0.25, 0.3) is 50.1 Å². The van der Waals surface area contributed by atoms with Gasteiger partial charge in [0, 0.05) is 28.4 Å². The van der Waals surface area contributed by atoms with Crippen LogP contribution < -0.4 is 5.32 Å². The summed E-state index contributed by atoms with van der Waals surface area (Å²) >= 11 is 0. The Morgan fingerprint density at radius 3 is 1.61 bits per heavy atom. The molecule has 11 rings (SSSR count). The lowest BCUT2D eigenvalue weighted by Crippen LogP contribution is -2.17. The van der Waals surface area contributed by atoms with Crippen molar-refractivity contribution in [2.75, 3.05) is 5.32 Å². The van der Waals surface area contributed by atoms with Crippen LogP contribution in [0.5, 0.6) is 0 Å². The Labute approximate surface area is 331 Å². The molecule has 56 heavy (non-hydrogen) atoms. The van der Waals surface area contributed by atoms with Crippen LogP contribution >= 0.6 is 0 Å². The van der Waals surface area contributed by atoms with Gasteiger partial charge in [0.2, 0.25) is 0 Å². The number of nitrogens with one attached hydrogen (secondary N) is 1. The summed E-state index contributed by atoms with van der Waals surface area (Å²) in [5.74, 6) is -0.0283. The summed E-state index contributed by atoms with van der Waals surface area (Å²) in [6, 6.07) is 40.4. The smallest absolute Gasteiger partial charge is 0.100 e. The number of benzene rings is 6. The molecule has 0 amide bonds. The van der Waals surface area contributed by atoms with E-state index in [1.807, 2.05) is 6.08 Å². The van der Waals surface area contributed by atoms with Crippen LogP contribution in [0, 0.1) is 6.92 Å². The first-order chi connectivity index (χ1) is 26.8. The summed E-state index contributed by atoms with van der Waals surface area (Å²) in [6.45, 7) is 16.7. The maximum absolute atomic E-state index is 13.7. The molecule has 1 aliphatic heterocycles. The monoisotopic (exact) mass is 729 g/mol. The fourth-order valence-corrected chi connectivity index (χ4v) is 10.9. The fourth-order valence-electron chi connectivity index (χ4n) is 10.9. The largest absolute Gasteiger partial charge is 0.378 e. The molecule has 0 fully saturated rings. The van der Waals surface area contributed by atoms with Crippen molar-refractivity contribution >= 4 is 11.3 Å². The minimum Gasteiger partial charge on any atom is -0.378 e. The fraction of sp³-hybridized carbons (Fsp3) is 0.259. The molecule has 2 heteroatoms. The Kier molecular flexibility index (Phi) is 6.84. The summed E-state index contributed by atoms with van der Waals surface area (Å²) in [6.07, 6.45) is 5.77. The van der Waals surface area contributed by atoms with E-state index in [1.165, 1.54) is 111 Å². The second kappa shape index (κ2) is 11.3. The third kappa shape index (κ3) is 4.65. The zero-order valence-corrected chi connectivity index (χ0v) is 33.5. The molecular weight excluding hydrogens is 682 g/mol. The Bertz CT molecular complexity index is 2790. The summed E-state index contributed by atoms with van der Waals surface area (Å²) in [7, 11) is 0. The molecule has 1 unspecified atom stereocenters. The molecule has 6 aromatic rings. The molecule has 1 N–H and O–H groups in total. The van der Waals surface area contributed by atoms with E-state index in [9.17, 15) is 4.39 Å². The molecule has 6 aromatic carbocycles. The van der Waals surface area contributed by atoms with E-state index < -0.39 is 0 Å². The van der Waals surface area contributed by atoms with Gasteiger partial charge >= 0.3 is 0 Å². The number of anilines is 1. The number of halogens is 1. The highest BCUT2D eigenvalue weighted by atomic mass is 19.1. The average molecular weight is 730 g/mol. The van der Waals surface area contributed by atoms with Gasteiger partial charge < -0.3 is 5.32 Å². The van der Waals surface area contributed by atoms with Crippen molar-refractivity contribution < 1.29 is 4.39 Å². The van der Waals surface area contributed by atoms with Gasteiger partial charge in [-0.1, -0.05) is 120 Å². The molecule has 0 radical (unpaired) electrons. The van der Waals surface area contributed by atoms with Crippen molar-refractivity contribution in [3.8, 4) is 44.5 Å². The first-order valence-corrected chi connectivity index (χ1v) is 20.5. The lowest BCUT2D eigenvalue weighted by atomic mass is 9.78. The molecule has 0 saturated heterocycles. The quantitative estimate of drug-likeness (QED) is 0.191. The van der Waals surface area contributed by atoms with Crippen molar-refractivity contribution in [3.63, 3.8) is 0 Å². The zero-order chi connectivity index (χ0) is 38.5. The Hall–Kier alpha value is -5.47. The molecule has 4 aliphatic carbocycles. The van der Waals surface area contributed by atoms with Gasteiger partial charge in [-0.2, -0.15) is 0 Å². The van der Waals surface area contributed by atoms with Gasteiger partial charge in [-0.15, -0.1) is 0 Å². The molecule has 1 heterocycles. The van der Waals surface area contributed by atoms with Crippen molar-refractivity contribution in [3.05, 3.63) is 177 Å². The van der Waals surface area contributed by atoms with Gasteiger partial charge in [-0.3, -0.25) is 0 Å². The number of allylic oxidation sites excluding steroid dienone is 4. The lowest BCUT2D eigenvalue weighted by Gasteiger charge is -2.25. The second-order valence-electron chi connectivity index (χ2n) is 18.8. The topological polar surface area (TPSA) is 12.0 Å². The van der Waals surface area contributed by atoms with E-state index >= 15 is 0 Å². The number of hydrogen-bond donors (Lipinski definition) is 1. The van der Waals surface area contributed by atoms with Gasteiger partial charge in [0.1, 0.15) is 5.83 Å². The number of hydrogen-bond acceptors (Lipinski definition) is 1. The number of rotatable bonds is 3. The highest BCUT2D eigenvalue weighted by Crippen LogP contribution is 2.59. The summed E-state index contributed by atoms with van der Waals surface area (Å²) < 4.78 is 13.7. The molecule has 1 nitrogen and oxygen atoms in total. The molecule has 0 spiro atoms. The van der Waals surface area contributed by atoms with Crippen LogP contribution in [0.15, 0.2) is 121 Å². The summed E-state index contributed by atoms with van der Waals surface area (Å²) in [4.78, 5) is 0. The molecule has 0 aromatic heterocycles. The Morgan fingerprint density at radius 2 is 1.02 bits per heavy atom. The summed E-state index contributed by atoms with van der Waals surface area (Å²) in [5, 5.41) is 3.87. The van der Waals surface area contributed by atoms with Gasteiger partial charge in [-0.25, -0.2) is 4.39 Å². The molecule has 0 saturated carbocycles. The number of fused-ring (bicyclic) bond motifs is 10. The van der Waals surface area contributed by atoms with Crippen LogP contribution in [0.2, 0.25) is 0 Å². The van der Waals surface area contributed by atoms with Crippen LogP contribution in [-0.2, 0) is 22.7 Å². The summed E-state index contributed by atoms with van der Waals surface area (Å²) in [5.41, 5.74) is 26.7. The number of aryl methyl sites for hydroxylation is 1. The molecule has 1 atom stereocenters. The van der Waals surface area contributed by atoms with Gasteiger partial charge in [0.05, 0.1) is 6.04 Å². The predicted molar refractivity (Wildman–Crippen MR) is 232 cm³/mol. The van der Waals surface area contributed by atoms with Crippen LogP contribution in [0.1, 0.15) is 116 Å². The molecular formula is C54H48FN. The molecule has 5 aliphatic rings. The predicted octanol–water partition coefficient (Wildman–Crippen LogP) is 14.3. The SMILES string of the molecule is Cc1ccc(-c2ccc3c(c2)C(C)(C)c2cc4c(cc2-3)C(C)(C)c2cc3c(cc2-4)C(C)(C)c2cc(C4Cc5ccc(C6=CC=C(F)CC6)cc5N4)ccc2-3)cc1. The van der Waals surface area contributed by atoms with E-state index in [-0.39, 0.29) is 28.1 Å². The van der Waals surface area contributed by atoms with E-state index in [4.69, 9.17) is 0 Å². The standard InChI is InChI=1S/C54H48FN/c1-30-8-10-31(11-9-30)33-16-20-38-40-26-48-42(28-46(40)52(2,3)44(38)22-33)43-29-47-41(27-49(43)54(48,6)7)39-21-17-35(23-45(39)53(47,4)5)51-25-36-13-12-34(24-50(36)56-51)32-14-18-37(55)19-15-32/h8-14,16-18,20-24,26-29,51,56H,15,19,25H2,1-7H3. The van der Waals surface area contributed by atoms with E-state index in [2.05, 4.69) is 157 Å².